The summed E-state index contributed by atoms with van der Waals surface area (Å²) in [6, 6.07) is 0. The van der Waals surface area contributed by atoms with Crippen LogP contribution in [0.4, 0.5) is 22.0 Å². The van der Waals surface area contributed by atoms with Crippen molar-refractivity contribution in [3.8, 4) is 11.9 Å². The molecule has 0 heterocycles. The maximum atomic E-state index is 12.6. The van der Waals surface area contributed by atoms with E-state index in [1.807, 2.05) is 0 Å². The minimum Gasteiger partial charge on any atom is -0.567 e. The normalized spacial score (nSPS) is 12.3. The Morgan fingerprint density at radius 1 is 1.07 bits per heavy atom. The molecule has 0 aromatic heterocycles. The van der Waals surface area contributed by atoms with Crippen LogP contribution in [0, 0.1) is 22.5 Å². The van der Waals surface area contributed by atoms with Crippen molar-refractivity contribution in [1.82, 2.24) is 0 Å². The first kappa shape index (κ1) is 17.7. The van der Waals surface area contributed by atoms with Crippen molar-refractivity contribution in [3.05, 3.63) is 0 Å². The van der Waals surface area contributed by atoms with E-state index in [0.29, 0.717) is 19.0 Å². The van der Waals surface area contributed by atoms with Crippen molar-refractivity contribution in [2.45, 2.75) is 12.0 Å². The van der Waals surface area contributed by atoms with E-state index in [-0.39, 0.29) is 51.4 Å². The first-order valence-corrected chi connectivity index (χ1v) is 3.15. The molecule has 0 rings (SSSR count). The van der Waals surface area contributed by atoms with E-state index < -0.39 is 18.3 Å². The van der Waals surface area contributed by atoms with E-state index in [1.54, 1.807) is 0 Å². The zero-order chi connectivity index (χ0) is 11.6. The van der Waals surface area contributed by atoms with Gasteiger partial charge in [0.1, 0.15) is 0 Å². The van der Waals surface area contributed by atoms with Gasteiger partial charge in [0.25, 0.3) is 5.82 Å². The van der Waals surface area contributed by atoms with Gasteiger partial charge in [0.2, 0.25) is 0 Å². The summed E-state index contributed by atoms with van der Waals surface area (Å²) in [5.74, 6) is -4.34. The fourth-order valence-electron chi connectivity index (χ4n) is 0.675. The van der Waals surface area contributed by atoms with Gasteiger partial charge in [-0.05, 0) is 7.11 Å². The standard InChI is InChI=1S/C5H3BF5N2O.K/c1-14-6(2-12,3-13)4(7,8)5(9,10)11;/h1H3;/q-1;+1. The molecule has 0 aromatic carbocycles. The zero-order valence-corrected chi connectivity index (χ0v) is 10.9. The summed E-state index contributed by atoms with van der Waals surface area (Å²) in [4.78, 5) is 0. The molecule has 0 fully saturated rings. The topological polar surface area (TPSA) is 56.8 Å². The van der Waals surface area contributed by atoms with Crippen molar-refractivity contribution in [1.29, 1.82) is 10.5 Å². The summed E-state index contributed by atoms with van der Waals surface area (Å²) in [7, 11) is 0.450. The van der Waals surface area contributed by atoms with E-state index in [1.165, 1.54) is 0 Å². The van der Waals surface area contributed by atoms with Crippen molar-refractivity contribution in [2.24, 2.45) is 0 Å². The first-order valence-electron chi connectivity index (χ1n) is 3.15. The second kappa shape index (κ2) is 5.57. The molecule has 0 aromatic rings. The summed E-state index contributed by atoms with van der Waals surface area (Å²) >= 11 is 0. The van der Waals surface area contributed by atoms with Crippen LogP contribution in [-0.2, 0) is 4.65 Å². The molecular weight excluding hydrogens is 249 g/mol. The van der Waals surface area contributed by atoms with Gasteiger partial charge in [-0.15, -0.1) is 0 Å². The average Bonchev–Trinajstić information content (AvgIpc) is 2.06. The van der Waals surface area contributed by atoms with Gasteiger partial charge in [-0.1, -0.05) is 11.9 Å². The molecule has 0 aliphatic rings. The Morgan fingerprint density at radius 3 is 1.47 bits per heavy atom. The van der Waals surface area contributed by atoms with E-state index >= 15 is 0 Å². The van der Waals surface area contributed by atoms with Gasteiger partial charge in [-0.2, -0.15) is 13.2 Å². The fourth-order valence-corrected chi connectivity index (χ4v) is 0.675. The molecule has 0 bridgehead atoms. The number of nitrogens with zero attached hydrogens (tertiary/aromatic N) is 2. The van der Waals surface area contributed by atoms with Crippen molar-refractivity contribution < 1.29 is 78.0 Å². The van der Waals surface area contributed by atoms with E-state index in [9.17, 15) is 22.0 Å². The second-order valence-electron chi connectivity index (χ2n) is 2.40. The van der Waals surface area contributed by atoms with Crippen LogP contribution in [0.15, 0.2) is 0 Å². The Morgan fingerprint density at radius 2 is 1.40 bits per heavy atom. The molecule has 0 saturated heterocycles. The van der Waals surface area contributed by atoms with Crippen LogP contribution in [0.1, 0.15) is 0 Å². The molecule has 3 nitrogen and oxygen atoms in total. The smallest absolute Gasteiger partial charge is 0.567 e. The third kappa shape index (κ3) is 2.90. The van der Waals surface area contributed by atoms with Gasteiger partial charge in [-0.25, -0.2) is 19.3 Å². The van der Waals surface area contributed by atoms with Crippen LogP contribution in [-0.4, -0.2) is 25.5 Å². The SMILES string of the molecule is CO[B-](C#N)(C#N)C(F)(F)C(F)(F)F.[K+]. The van der Waals surface area contributed by atoms with Crippen LogP contribution < -0.4 is 51.4 Å². The Labute approximate surface area is 125 Å². The summed E-state index contributed by atoms with van der Waals surface area (Å²) < 4.78 is 64.2. The van der Waals surface area contributed by atoms with Crippen molar-refractivity contribution in [2.75, 3.05) is 7.11 Å². The maximum Gasteiger partial charge on any atom is 1.00 e. The molecular formula is C5H3BF5KN2O. The van der Waals surface area contributed by atoms with E-state index in [0.717, 1.165) is 0 Å². The van der Waals surface area contributed by atoms with Gasteiger partial charge < -0.3 is 4.65 Å². The Bertz CT molecular complexity index is 292. The van der Waals surface area contributed by atoms with E-state index in [4.69, 9.17) is 10.5 Å². The number of rotatable bonds is 2. The molecule has 0 spiro atoms. The van der Waals surface area contributed by atoms with Gasteiger partial charge in [0.15, 0.2) is 0 Å². The van der Waals surface area contributed by atoms with Crippen LogP contribution in [0.3, 0.4) is 0 Å². The van der Waals surface area contributed by atoms with E-state index in [2.05, 4.69) is 4.65 Å². The summed E-state index contributed by atoms with van der Waals surface area (Å²) in [5.41, 5.74) is 0. The molecule has 15 heavy (non-hydrogen) atoms. The molecule has 0 saturated carbocycles. The first-order chi connectivity index (χ1) is 6.18. The molecule has 78 valence electrons. The van der Waals surface area contributed by atoms with Gasteiger partial charge in [-0.3, -0.25) is 0 Å². The number of nitriles is 2. The summed E-state index contributed by atoms with van der Waals surface area (Å²) in [5, 5.41) is 16.3. The van der Waals surface area contributed by atoms with Crippen LogP contribution in [0.25, 0.3) is 0 Å². The van der Waals surface area contributed by atoms with Gasteiger partial charge in [0.05, 0.1) is 0 Å². The Kier molecular flexibility index (Phi) is 6.56. The molecule has 0 aliphatic carbocycles. The second-order valence-corrected chi connectivity index (χ2v) is 2.40. The monoisotopic (exact) mass is 252 g/mol. The predicted molar refractivity (Wildman–Crippen MR) is 35.0 cm³/mol. The molecule has 0 radical (unpaired) electrons. The molecule has 0 unspecified atom stereocenters. The Balaban J connectivity index is 0. The number of hydrogen-bond donors (Lipinski definition) is 0. The average molecular weight is 252 g/mol. The van der Waals surface area contributed by atoms with Crippen LogP contribution >= 0.6 is 0 Å². The molecule has 0 aliphatic heterocycles. The van der Waals surface area contributed by atoms with Gasteiger partial charge in [0, 0.05) is 0 Å². The summed E-state index contributed by atoms with van der Waals surface area (Å²) in [6.07, 6.45) is -10.5. The minimum atomic E-state index is -5.99. The van der Waals surface area contributed by atoms with Gasteiger partial charge >= 0.3 is 63.9 Å². The zero-order valence-electron chi connectivity index (χ0n) is 7.77. The molecule has 0 N–H and O–H groups in total. The number of hydrogen-bond acceptors (Lipinski definition) is 3. The van der Waals surface area contributed by atoms with Crippen molar-refractivity contribution >= 4 is 6.35 Å². The predicted octanol–water partition coefficient (Wildman–Crippen LogP) is -1.56. The number of alkyl halides is 5. The molecule has 0 amide bonds. The van der Waals surface area contributed by atoms with Crippen LogP contribution in [0.2, 0.25) is 0 Å². The fraction of sp³-hybridized carbons (Fsp3) is 0.600. The quantitative estimate of drug-likeness (QED) is 0.441. The third-order valence-corrected chi connectivity index (χ3v) is 1.61. The maximum absolute atomic E-state index is 12.6. The minimum absolute atomic E-state index is 0. The third-order valence-electron chi connectivity index (χ3n) is 1.61. The van der Waals surface area contributed by atoms with Crippen molar-refractivity contribution in [3.63, 3.8) is 0 Å². The van der Waals surface area contributed by atoms with Crippen LogP contribution in [0.5, 0.6) is 0 Å². The summed E-state index contributed by atoms with van der Waals surface area (Å²) in [6.45, 7) is 0. The molecule has 0 atom stereocenters. The molecule has 10 heteroatoms. The largest absolute Gasteiger partial charge is 1.00 e. The Hall–Kier alpha value is 0.291. The number of halogens is 5.